The van der Waals surface area contributed by atoms with Gasteiger partial charge in [-0.3, -0.25) is 10.1 Å². The predicted molar refractivity (Wildman–Crippen MR) is 100 cm³/mol. The molecule has 0 aliphatic rings. The number of carbonyl (C=O) groups is 2. The largest absolute Gasteiger partial charge is 0.482 e. The standard InChI is InChI=1S/C18H21ClN2O6/c1-3-25-6-4-5-20-18(24)21-16(22)10-26-15-9-14-12(8-13(15)19)11(2)7-17(23)27-14/h7-9H,3-6,10H2,1-2H3,(H2,20,21,22,24). The lowest BCUT2D eigenvalue weighted by Crippen LogP contribution is -2.42. The monoisotopic (exact) mass is 396 g/mol. The fourth-order valence-corrected chi connectivity index (χ4v) is 2.52. The van der Waals surface area contributed by atoms with Gasteiger partial charge in [-0.1, -0.05) is 11.6 Å². The minimum atomic E-state index is -0.640. The molecule has 0 aliphatic heterocycles. The van der Waals surface area contributed by atoms with Crippen LogP contribution in [0.2, 0.25) is 5.02 Å². The number of hydrogen-bond acceptors (Lipinski definition) is 6. The zero-order valence-corrected chi connectivity index (χ0v) is 15.9. The number of rotatable bonds is 8. The molecule has 0 saturated carbocycles. The molecule has 27 heavy (non-hydrogen) atoms. The van der Waals surface area contributed by atoms with Crippen LogP contribution in [-0.4, -0.2) is 38.3 Å². The van der Waals surface area contributed by atoms with Crippen LogP contribution in [0, 0.1) is 6.92 Å². The van der Waals surface area contributed by atoms with Crippen molar-refractivity contribution in [3.63, 3.8) is 0 Å². The molecule has 2 N–H and O–H groups in total. The summed E-state index contributed by atoms with van der Waals surface area (Å²) < 4.78 is 15.6. The molecular weight excluding hydrogens is 376 g/mol. The molecule has 0 fully saturated rings. The first-order valence-corrected chi connectivity index (χ1v) is 8.80. The molecular formula is C18H21ClN2O6. The minimum absolute atomic E-state index is 0.171. The lowest BCUT2D eigenvalue weighted by molar-refractivity contribution is -0.122. The summed E-state index contributed by atoms with van der Waals surface area (Å²) in [5.41, 5.74) is 0.521. The number of benzene rings is 1. The number of aryl methyl sites for hydroxylation is 1. The molecule has 1 aromatic carbocycles. The van der Waals surface area contributed by atoms with Crippen LogP contribution >= 0.6 is 11.6 Å². The number of hydrogen-bond donors (Lipinski definition) is 2. The molecule has 0 atom stereocenters. The molecule has 0 saturated heterocycles. The molecule has 0 spiro atoms. The average molecular weight is 397 g/mol. The van der Waals surface area contributed by atoms with Crippen molar-refractivity contribution in [1.82, 2.24) is 10.6 Å². The van der Waals surface area contributed by atoms with Crippen molar-refractivity contribution in [1.29, 1.82) is 0 Å². The first-order chi connectivity index (χ1) is 12.9. The highest BCUT2D eigenvalue weighted by Gasteiger charge is 2.12. The van der Waals surface area contributed by atoms with Crippen LogP contribution in [0.15, 0.2) is 27.4 Å². The summed E-state index contributed by atoms with van der Waals surface area (Å²) >= 11 is 6.15. The van der Waals surface area contributed by atoms with Gasteiger partial charge in [0.25, 0.3) is 5.91 Å². The third-order valence-corrected chi connectivity index (χ3v) is 3.87. The van der Waals surface area contributed by atoms with Crippen LogP contribution in [0.4, 0.5) is 4.79 Å². The van der Waals surface area contributed by atoms with Gasteiger partial charge in [-0.25, -0.2) is 9.59 Å². The fraction of sp³-hybridized carbons (Fsp3) is 0.389. The van der Waals surface area contributed by atoms with Gasteiger partial charge >= 0.3 is 11.7 Å². The Bertz CT molecular complexity index is 880. The van der Waals surface area contributed by atoms with E-state index in [1.54, 1.807) is 13.0 Å². The predicted octanol–water partition coefficient (Wildman–Crippen LogP) is 2.39. The van der Waals surface area contributed by atoms with Crippen LogP contribution in [-0.2, 0) is 9.53 Å². The second-order valence-corrected chi connectivity index (χ2v) is 6.08. The highest BCUT2D eigenvalue weighted by atomic mass is 35.5. The molecule has 0 unspecified atom stereocenters. The smallest absolute Gasteiger partial charge is 0.336 e. The molecule has 0 aliphatic carbocycles. The van der Waals surface area contributed by atoms with Crippen molar-refractivity contribution in [2.75, 3.05) is 26.4 Å². The van der Waals surface area contributed by atoms with Crippen LogP contribution in [0.25, 0.3) is 11.0 Å². The van der Waals surface area contributed by atoms with E-state index < -0.39 is 24.2 Å². The Hall–Kier alpha value is -2.58. The Morgan fingerprint density at radius 2 is 2.04 bits per heavy atom. The van der Waals surface area contributed by atoms with Crippen LogP contribution < -0.4 is 21.0 Å². The van der Waals surface area contributed by atoms with E-state index in [0.29, 0.717) is 42.7 Å². The lowest BCUT2D eigenvalue weighted by atomic mass is 10.1. The van der Waals surface area contributed by atoms with Gasteiger partial charge in [0.2, 0.25) is 0 Å². The number of imide groups is 1. The Morgan fingerprint density at radius 1 is 1.26 bits per heavy atom. The van der Waals surface area contributed by atoms with E-state index in [0.717, 1.165) is 0 Å². The number of carbonyl (C=O) groups excluding carboxylic acids is 2. The molecule has 2 aromatic rings. The SMILES string of the molecule is CCOCCCNC(=O)NC(=O)COc1cc2oc(=O)cc(C)c2cc1Cl. The van der Waals surface area contributed by atoms with Crippen LogP contribution in [0.5, 0.6) is 5.75 Å². The molecule has 1 aromatic heterocycles. The number of ether oxygens (including phenoxy) is 2. The molecule has 0 bridgehead atoms. The van der Waals surface area contributed by atoms with Crippen molar-refractivity contribution < 1.29 is 23.5 Å². The van der Waals surface area contributed by atoms with E-state index in [1.165, 1.54) is 12.1 Å². The molecule has 0 radical (unpaired) electrons. The highest BCUT2D eigenvalue weighted by molar-refractivity contribution is 6.32. The number of nitrogens with one attached hydrogen (secondary N) is 2. The summed E-state index contributed by atoms with van der Waals surface area (Å²) in [6.07, 6.45) is 0.642. The van der Waals surface area contributed by atoms with Gasteiger partial charge in [0.1, 0.15) is 11.3 Å². The lowest BCUT2D eigenvalue weighted by Gasteiger charge is -2.10. The Balaban J connectivity index is 1.88. The maximum absolute atomic E-state index is 11.8. The number of fused-ring (bicyclic) bond motifs is 1. The van der Waals surface area contributed by atoms with Gasteiger partial charge in [-0.05, 0) is 31.9 Å². The van der Waals surface area contributed by atoms with E-state index in [-0.39, 0.29) is 10.8 Å². The van der Waals surface area contributed by atoms with Gasteiger partial charge in [0.15, 0.2) is 6.61 Å². The van der Waals surface area contributed by atoms with E-state index in [1.807, 2.05) is 6.92 Å². The topological polar surface area (TPSA) is 107 Å². The summed E-state index contributed by atoms with van der Waals surface area (Å²) in [6.45, 7) is 4.75. The third-order valence-electron chi connectivity index (χ3n) is 3.57. The summed E-state index contributed by atoms with van der Waals surface area (Å²) in [4.78, 5) is 34.9. The van der Waals surface area contributed by atoms with E-state index >= 15 is 0 Å². The second-order valence-electron chi connectivity index (χ2n) is 5.67. The first-order valence-electron chi connectivity index (χ1n) is 8.43. The summed E-state index contributed by atoms with van der Waals surface area (Å²) in [5.74, 6) is -0.468. The average Bonchev–Trinajstić information content (AvgIpc) is 2.60. The molecule has 146 valence electrons. The van der Waals surface area contributed by atoms with Crippen molar-refractivity contribution in [2.45, 2.75) is 20.3 Å². The summed E-state index contributed by atoms with van der Waals surface area (Å²) in [6, 6.07) is 3.77. The van der Waals surface area contributed by atoms with Gasteiger partial charge < -0.3 is 19.2 Å². The Kier molecular flexibility index (Phi) is 7.63. The molecule has 8 nitrogen and oxygen atoms in total. The van der Waals surface area contributed by atoms with Gasteiger partial charge in [0.05, 0.1) is 5.02 Å². The summed E-state index contributed by atoms with van der Waals surface area (Å²) in [5, 5.41) is 5.61. The molecule has 9 heteroatoms. The van der Waals surface area contributed by atoms with Crippen molar-refractivity contribution in [3.8, 4) is 5.75 Å². The number of halogens is 1. The van der Waals surface area contributed by atoms with Crippen LogP contribution in [0.3, 0.4) is 0 Å². The number of amides is 3. The zero-order valence-electron chi connectivity index (χ0n) is 15.1. The zero-order chi connectivity index (χ0) is 19.8. The van der Waals surface area contributed by atoms with E-state index in [4.69, 9.17) is 25.5 Å². The van der Waals surface area contributed by atoms with E-state index in [9.17, 15) is 14.4 Å². The fourth-order valence-electron chi connectivity index (χ4n) is 2.30. The number of urea groups is 1. The van der Waals surface area contributed by atoms with Crippen LogP contribution in [0.1, 0.15) is 18.9 Å². The van der Waals surface area contributed by atoms with Crippen molar-refractivity contribution in [3.05, 3.63) is 39.2 Å². The third kappa shape index (κ3) is 6.26. The minimum Gasteiger partial charge on any atom is -0.482 e. The quantitative estimate of drug-likeness (QED) is 0.524. The van der Waals surface area contributed by atoms with Gasteiger partial charge in [-0.2, -0.15) is 0 Å². The first kappa shape index (κ1) is 20.7. The maximum Gasteiger partial charge on any atom is 0.336 e. The van der Waals surface area contributed by atoms with Crippen molar-refractivity contribution in [2.24, 2.45) is 0 Å². The second kappa shape index (κ2) is 9.94. The van der Waals surface area contributed by atoms with Gasteiger partial charge in [0, 0.05) is 37.3 Å². The summed E-state index contributed by atoms with van der Waals surface area (Å²) in [7, 11) is 0. The highest BCUT2D eigenvalue weighted by Crippen LogP contribution is 2.30. The molecule has 1 heterocycles. The van der Waals surface area contributed by atoms with E-state index in [2.05, 4.69) is 10.6 Å². The molecule has 3 amide bonds. The Morgan fingerprint density at radius 3 is 2.78 bits per heavy atom. The maximum atomic E-state index is 11.8. The Labute approximate surface area is 160 Å². The molecule has 2 rings (SSSR count). The van der Waals surface area contributed by atoms with Gasteiger partial charge in [-0.15, -0.1) is 0 Å². The normalized spacial score (nSPS) is 10.6. The van der Waals surface area contributed by atoms with Crippen molar-refractivity contribution >= 4 is 34.5 Å².